The van der Waals surface area contributed by atoms with Gasteiger partial charge in [-0.3, -0.25) is 0 Å². The van der Waals surface area contributed by atoms with E-state index in [0.717, 1.165) is 12.1 Å². The molecule has 84 valence electrons. The summed E-state index contributed by atoms with van der Waals surface area (Å²) in [6.07, 6.45) is -3.26. The van der Waals surface area contributed by atoms with Gasteiger partial charge < -0.3 is 5.32 Å². The molecule has 0 bridgehead atoms. The first kappa shape index (κ1) is 11.8. The van der Waals surface area contributed by atoms with Gasteiger partial charge in [0.25, 0.3) is 0 Å². The summed E-state index contributed by atoms with van der Waals surface area (Å²) in [5.41, 5.74) is -1.37. The van der Waals surface area contributed by atoms with Gasteiger partial charge in [-0.1, -0.05) is 12.1 Å². The van der Waals surface area contributed by atoms with Crippen LogP contribution in [0.25, 0.3) is 0 Å². The van der Waals surface area contributed by atoms with Crippen molar-refractivity contribution in [1.29, 1.82) is 5.26 Å². The molecule has 7 heteroatoms. The summed E-state index contributed by atoms with van der Waals surface area (Å²) in [4.78, 5) is 10.9. The molecule has 1 rings (SSSR count). The second-order valence-corrected chi connectivity index (χ2v) is 2.73. The zero-order valence-corrected chi connectivity index (χ0v) is 7.80. The molecule has 0 aliphatic rings. The van der Waals surface area contributed by atoms with Crippen LogP contribution in [0.3, 0.4) is 0 Å². The summed E-state index contributed by atoms with van der Waals surface area (Å²) in [5.74, 6) is 0. The molecule has 0 aromatic heterocycles. The summed E-state index contributed by atoms with van der Waals surface area (Å²) >= 11 is 0. The molecule has 2 amide bonds. The number of rotatable bonds is 1. The molecule has 2 N–H and O–H groups in total. The number of para-hydroxylation sites is 1. The molecular weight excluding hydrogens is 223 g/mol. The first-order chi connectivity index (χ1) is 7.45. The lowest BCUT2D eigenvalue weighted by molar-refractivity contribution is -0.136. The topological polar surface area (TPSA) is 64.9 Å². The number of alkyl halides is 3. The normalized spacial score (nSPS) is 10.4. The molecule has 0 fully saturated rings. The van der Waals surface area contributed by atoms with E-state index in [0.29, 0.717) is 0 Å². The van der Waals surface area contributed by atoms with Gasteiger partial charge in [-0.05, 0) is 12.1 Å². The Morgan fingerprint density at radius 2 is 1.94 bits per heavy atom. The number of nitriles is 1. The highest BCUT2D eigenvalue weighted by molar-refractivity contribution is 5.91. The van der Waals surface area contributed by atoms with Crippen LogP contribution in [-0.4, -0.2) is 6.03 Å². The minimum atomic E-state index is -4.56. The molecular formula is C9H6F3N3O. The number of nitrogens with one attached hydrogen (secondary N) is 2. The number of urea groups is 1. The standard InChI is InChI=1S/C9H6F3N3O/c10-9(11,12)6-3-1-2-4-7(6)15-8(16)14-5-13/h1-4H,(H2,14,15,16). The summed E-state index contributed by atoms with van der Waals surface area (Å²) in [6, 6.07) is 3.47. The van der Waals surface area contributed by atoms with E-state index in [-0.39, 0.29) is 0 Å². The van der Waals surface area contributed by atoms with Crippen molar-refractivity contribution < 1.29 is 18.0 Å². The third kappa shape index (κ3) is 2.88. The van der Waals surface area contributed by atoms with E-state index >= 15 is 0 Å². The van der Waals surface area contributed by atoms with Crippen molar-refractivity contribution in [2.45, 2.75) is 6.18 Å². The lowest BCUT2D eigenvalue weighted by Crippen LogP contribution is -2.25. The number of halogens is 3. The molecule has 0 radical (unpaired) electrons. The van der Waals surface area contributed by atoms with Crippen molar-refractivity contribution in [3.05, 3.63) is 29.8 Å². The molecule has 0 aliphatic carbocycles. The highest BCUT2D eigenvalue weighted by Gasteiger charge is 2.33. The number of nitrogens with zero attached hydrogens (tertiary/aromatic N) is 1. The highest BCUT2D eigenvalue weighted by atomic mass is 19.4. The highest BCUT2D eigenvalue weighted by Crippen LogP contribution is 2.34. The van der Waals surface area contributed by atoms with Crippen molar-refractivity contribution in [3.8, 4) is 6.19 Å². The Morgan fingerprint density at radius 3 is 2.50 bits per heavy atom. The third-order valence-corrected chi connectivity index (χ3v) is 1.65. The van der Waals surface area contributed by atoms with Gasteiger partial charge in [-0.25, -0.2) is 10.1 Å². The van der Waals surface area contributed by atoms with Crippen LogP contribution in [0.15, 0.2) is 24.3 Å². The molecule has 1 aromatic carbocycles. The van der Waals surface area contributed by atoms with Gasteiger partial charge in [-0.15, -0.1) is 0 Å². The molecule has 0 spiro atoms. The van der Waals surface area contributed by atoms with E-state index in [9.17, 15) is 18.0 Å². The summed E-state index contributed by atoms with van der Waals surface area (Å²) in [6.45, 7) is 0. The van der Waals surface area contributed by atoms with Gasteiger partial charge in [0.2, 0.25) is 0 Å². The van der Waals surface area contributed by atoms with Crippen LogP contribution in [0.2, 0.25) is 0 Å². The second kappa shape index (κ2) is 4.53. The predicted octanol–water partition coefficient (Wildman–Crippen LogP) is 2.31. The van der Waals surface area contributed by atoms with Crippen LogP contribution in [0, 0.1) is 11.5 Å². The number of carbonyl (C=O) groups is 1. The lowest BCUT2D eigenvalue weighted by atomic mass is 10.1. The third-order valence-electron chi connectivity index (χ3n) is 1.65. The molecule has 0 saturated carbocycles. The SMILES string of the molecule is N#CNC(=O)Nc1ccccc1C(F)(F)F. The Bertz CT molecular complexity index is 436. The largest absolute Gasteiger partial charge is 0.418 e. The Labute approximate surface area is 88.7 Å². The first-order valence-electron chi connectivity index (χ1n) is 4.07. The number of hydrogen-bond donors (Lipinski definition) is 2. The predicted molar refractivity (Wildman–Crippen MR) is 49.2 cm³/mol. The van der Waals surface area contributed by atoms with Crippen molar-refractivity contribution in [2.75, 3.05) is 5.32 Å². The molecule has 16 heavy (non-hydrogen) atoms. The quantitative estimate of drug-likeness (QED) is 0.573. The number of amides is 2. The van der Waals surface area contributed by atoms with Gasteiger partial charge in [-0.2, -0.15) is 18.4 Å². The van der Waals surface area contributed by atoms with E-state index < -0.39 is 23.5 Å². The maximum Gasteiger partial charge on any atom is 0.418 e. The van der Waals surface area contributed by atoms with Crippen molar-refractivity contribution >= 4 is 11.7 Å². The lowest BCUT2D eigenvalue weighted by Gasteiger charge is -2.12. The fourth-order valence-corrected chi connectivity index (χ4v) is 1.04. The molecule has 0 unspecified atom stereocenters. The van der Waals surface area contributed by atoms with Crippen molar-refractivity contribution in [2.24, 2.45) is 0 Å². The number of carbonyl (C=O) groups excluding carboxylic acids is 1. The van der Waals surface area contributed by atoms with Crippen LogP contribution in [0.5, 0.6) is 0 Å². The Morgan fingerprint density at radius 1 is 1.31 bits per heavy atom. The monoisotopic (exact) mass is 229 g/mol. The number of anilines is 1. The van der Waals surface area contributed by atoms with Gasteiger partial charge in [0.1, 0.15) is 0 Å². The Kier molecular flexibility index (Phi) is 3.35. The molecule has 0 aliphatic heterocycles. The van der Waals surface area contributed by atoms with Crippen LogP contribution in [-0.2, 0) is 6.18 Å². The average Bonchev–Trinajstić information content (AvgIpc) is 2.17. The average molecular weight is 229 g/mol. The molecule has 1 aromatic rings. The van der Waals surface area contributed by atoms with Crippen LogP contribution in [0.4, 0.5) is 23.7 Å². The van der Waals surface area contributed by atoms with Gasteiger partial charge in [0, 0.05) is 0 Å². The Balaban J connectivity index is 2.97. The number of hydrogen-bond acceptors (Lipinski definition) is 2. The summed E-state index contributed by atoms with van der Waals surface area (Å²) in [5, 5.41) is 11.7. The first-order valence-corrected chi connectivity index (χ1v) is 4.07. The van der Waals surface area contributed by atoms with Crippen LogP contribution >= 0.6 is 0 Å². The summed E-state index contributed by atoms with van der Waals surface area (Å²) < 4.78 is 37.3. The van der Waals surface area contributed by atoms with E-state index in [1.54, 1.807) is 5.32 Å². The van der Waals surface area contributed by atoms with Gasteiger partial charge in [0.05, 0.1) is 11.3 Å². The van der Waals surface area contributed by atoms with Crippen LogP contribution in [0.1, 0.15) is 5.56 Å². The number of benzene rings is 1. The minimum absolute atomic E-state index is 0.400. The summed E-state index contributed by atoms with van der Waals surface area (Å²) in [7, 11) is 0. The van der Waals surface area contributed by atoms with Gasteiger partial charge in [0.15, 0.2) is 6.19 Å². The maximum atomic E-state index is 12.4. The zero-order chi connectivity index (χ0) is 12.2. The maximum absolute atomic E-state index is 12.4. The Hall–Kier alpha value is -2.23. The fraction of sp³-hybridized carbons (Fsp3) is 0.111. The molecule has 0 atom stereocenters. The molecule has 4 nitrogen and oxygen atoms in total. The van der Waals surface area contributed by atoms with Crippen molar-refractivity contribution in [1.82, 2.24) is 5.32 Å². The van der Waals surface area contributed by atoms with Crippen molar-refractivity contribution in [3.63, 3.8) is 0 Å². The second-order valence-electron chi connectivity index (χ2n) is 2.73. The van der Waals surface area contributed by atoms with E-state index in [1.165, 1.54) is 18.3 Å². The smallest absolute Gasteiger partial charge is 0.307 e. The fourth-order valence-electron chi connectivity index (χ4n) is 1.04. The molecule has 0 heterocycles. The van der Waals surface area contributed by atoms with E-state index in [2.05, 4.69) is 0 Å². The van der Waals surface area contributed by atoms with E-state index in [4.69, 9.17) is 5.26 Å². The van der Waals surface area contributed by atoms with Crippen LogP contribution < -0.4 is 10.6 Å². The zero-order valence-electron chi connectivity index (χ0n) is 7.80. The van der Waals surface area contributed by atoms with Gasteiger partial charge >= 0.3 is 12.2 Å². The molecule has 0 saturated heterocycles. The minimum Gasteiger partial charge on any atom is -0.307 e. The van der Waals surface area contributed by atoms with E-state index in [1.807, 2.05) is 5.32 Å².